The zero-order chi connectivity index (χ0) is 15.9. The molecule has 5 nitrogen and oxygen atoms in total. The molecular formula is C16H22N2O3S. The van der Waals surface area contributed by atoms with Crippen molar-refractivity contribution in [1.29, 1.82) is 0 Å². The molecule has 1 aromatic carbocycles. The van der Waals surface area contributed by atoms with E-state index in [0.717, 1.165) is 30.7 Å². The Morgan fingerprint density at radius 2 is 2.32 bits per heavy atom. The molecule has 120 valence electrons. The normalized spacial score (nSPS) is 17.1. The number of carbonyl (C=O) groups is 1. The van der Waals surface area contributed by atoms with Gasteiger partial charge in [0, 0.05) is 18.8 Å². The van der Waals surface area contributed by atoms with Crippen LogP contribution >= 0.6 is 12.2 Å². The zero-order valence-corrected chi connectivity index (χ0v) is 13.8. The van der Waals surface area contributed by atoms with Crippen LogP contribution in [0.4, 0.5) is 5.69 Å². The summed E-state index contributed by atoms with van der Waals surface area (Å²) in [5, 5.41) is 6.81. The van der Waals surface area contributed by atoms with Crippen LogP contribution in [0.2, 0.25) is 0 Å². The van der Waals surface area contributed by atoms with Crippen LogP contribution in [0.3, 0.4) is 0 Å². The molecule has 1 fully saturated rings. The van der Waals surface area contributed by atoms with Gasteiger partial charge in [0.25, 0.3) is 0 Å². The highest BCUT2D eigenvalue weighted by Gasteiger charge is 2.15. The standard InChI is InChI=1S/C16H22N2O3S/c1-3-20-15(19)12-7-6-11(2)14(9-12)18-16(22)17-10-13-5-4-8-21-13/h6-7,9,13H,3-5,8,10H2,1-2H3,(H2,17,18,22). The number of anilines is 1. The fraction of sp³-hybridized carbons (Fsp3) is 0.500. The van der Waals surface area contributed by atoms with Crippen LogP contribution in [-0.4, -0.2) is 36.9 Å². The Balaban J connectivity index is 1.93. The lowest BCUT2D eigenvalue weighted by atomic mass is 10.1. The smallest absolute Gasteiger partial charge is 0.338 e. The maximum atomic E-state index is 11.8. The first kappa shape index (κ1) is 16.7. The zero-order valence-electron chi connectivity index (χ0n) is 13.0. The number of rotatable bonds is 5. The topological polar surface area (TPSA) is 59.6 Å². The van der Waals surface area contributed by atoms with Gasteiger partial charge in [-0.25, -0.2) is 4.79 Å². The van der Waals surface area contributed by atoms with Crippen molar-refractivity contribution in [3.63, 3.8) is 0 Å². The molecule has 1 atom stereocenters. The summed E-state index contributed by atoms with van der Waals surface area (Å²) < 4.78 is 10.6. The van der Waals surface area contributed by atoms with Crippen LogP contribution < -0.4 is 10.6 Å². The Labute approximate surface area is 136 Å². The van der Waals surface area contributed by atoms with E-state index in [4.69, 9.17) is 21.7 Å². The molecule has 2 rings (SSSR count). The van der Waals surface area contributed by atoms with Gasteiger partial charge in [-0.05, 0) is 56.6 Å². The molecule has 1 saturated heterocycles. The summed E-state index contributed by atoms with van der Waals surface area (Å²) in [5.74, 6) is -0.330. The van der Waals surface area contributed by atoms with Gasteiger partial charge in [-0.2, -0.15) is 0 Å². The molecule has 0 radical (unpaired) electrons. The third kappa shape index (κ3) is 4.68. The van der Waals surface area contributed by atoms with Gasteiger partial charge >= 0.3 is 5.97 Å². The molecule has 0 aromatic heterocycles. The quantitative estimate of drug-likeness (QED) is 0.642. The van der Waals surface area contributed by atoms with Crippen LogP contribution in [-0.2, 0) is 9.47 Å². The second-order valence-corrected chi connectivity index (χ2v) is 5.63. The second-order valence-electron chi connectivity index (χ2n) is 5.22. The van der Waals surface area contributed by atoms with E-state index in [9.17, 15) is 4.79 Å². The summed E-state index contributed by atoms with van der Waals surface area (Å²) in [4.78, 5) is 11.8. The lowest BCUT2D eigenvalue weighted by Gasteiger charge is -2.15. The molecule has 6 heteroatoms. The van der Waals surface area contributed by atoms with Crippen molar-refractivity contribution in [2.24, 2.45) is 0 Å². The Morgan fingerprint density at radius 1 is 1.50 bits per heavy atom. The molecule has 0 spiro atoms. The van der Waals surface area contributed by atoms with Crippen molar-refractivity contribution >= 4 is 29.0 Å². The summed E-state index contributed by atoms with van der Waals surface area (Å²) in [5.41, 5.74) is 2.32. The van der Waals surface area contributed by atoms with E-state index >= 15 is 0 Å². The first-order valence-corrected chi connectivity index (χ1v) is 7.95. The van der Waals surface area contributed by atoms with Gasteiger partial charge in [0.15, 0.2) is 5.11 Å². The molecule has 2 N–H and O–H groups in total. The van der Waals surface area contributed by atoms with Gasteiger partial charge in [-0.15, -0.1) is 0 Å². The molecule has 0 aliphatic carbocycles. The predicted octanol–water partition coefficient (Wildman–Crippen LogP) is 2.64. The molecule has 0 saturated carbocycles. The van der Waals surface area contributed by atoms with Gasteiger partial charge < -0.3 is 20.1 Å². The number of ether oxygens (including phenoxy) is 2. The average molecular weight is 322 g/mol. The summed E-state index contributed by atoms with van der Waals surface area (Å²) >= 11 is 5.30. The molecule has 1 aromatic rings. The lowest BCUT2D eigenvalue weighted by Crippen LogP contribution is -2.35. The van der Waals surface area contributed by atoms with Crippen molar-refractivity contribution in [1.82, 2.24) is 5.32 Å². The average Bonchev–Trinajstić information content (AvgIpc) is 3.01. The maximum absolute atomic E-state index is 11.8. The number of nitrogens with one attached hydrogen (secondary N) is 2. The Hall–Kier alpha value is -1.66. The fourth-order valence-corrected chi connectivity index (χ4v) is 2.47. The predicted molar refractivity (Wildman–Crippen MR) is 90.3 cm³/mol. The first-order chi connectivity index (χ1) is 10.6. The number of carbonyl (C=O) groups excluding carboxylic acids is 1. The minimum atomic E-state index is -0.330. The van der Waals surface area contributed by atoms with Crippen LogP contribution in [0.5, 0.6) is 0 Å². The third-order valence-electron chi connectivity index (χ3n) is 3.51. The highest BCUT2D eigenvalue weighted by atomic mass is 32.1. The first-order valence-electron chi connectivity index (χ1n) is 7.54. The van der Waals surface area contributed by atoms with Gasteiger partial charge in [0.05, 0.1) is 18.3 Å². The molecule has 0 bridgehead atoms. The van der Waals surface area contributed by atoms with Crippen LogP contribution in [0.1, 0.15) is 35.7 Å². The van der Waals surface area contributed by atoms with E-state index in [1.54, 1.807) is 19.1 Å². The highest BCUT2D eigenvalue weighted by molar-refractivity contribution is 7.80. The monoisotopic (exact) mass is 322 g/mol. The number of esters is 1. The van der Waals surface area contributed by atoms with E-state index in [-0.39, 0.29) is 12.1 Å². The number of thiocarbonyl (C=S) groups is 1. The van der Waals surface area contributed by atoms with E-state index in [2.05, 4.69) is 10.6 Å². The lowest BCUT2D eigenvalue weighted by molar-refractivity contribution is 0.0526. The van der Waals surface area contributed by atoms with Crippen molar-refractivity contribution in [2.75, 3.05) is 25.1 Å². The van der Waals surface area contributed by atoms with Crippen molar-refractivity contribution < 1.29 is 14.3 Å². The molecular weight excluding hydrogens is 300 g/mol. The highest BCUT2D eigenvalue weighted by Crippen LogP contribution is 2.18. The van der Waals surface area contributed by atoms with Gasteiger partial charge in [-0.1, -0.05) is 6.07 Å². The SMILES string of the molecule is CCOC(=O)c1ccc(C)c(NC(=S)NCC2CCCO2)c1. The van der Waals surface area contributed by atoms with E-state index in [0.29, 0.717) is 23.8 Å². The summed E-state index contributed by atoms with van der Waals surface area (Å²) in [6, 6.07) is 5.38. The summed E-state index contributed by atoms with van der Waals surface area (Å²) in [6.45, 7) is 5.63. The van der Waals surface area contributed by atoms with Gasteiger partial charge in [0.2, 0.25) is 0 Å². The minimum Gasteiger partial charge on any atom is -0.462 e. The summed E-state index contributed by atoms with van der Waals surface area (Å²) in [7, 11) is 0. The Bertz CT molecular complexity index is 542. The largest absolute Gasteiger partial charge is 0.462 e. The van der Waals surface area contributed by atoms with Crippen molar-refractivity contribution in [3.05, 3.63) is 29.3 Å². The third-order valence-corrected chi connectivity index (χ3v) is 3.76. The van der Waals surface area contributed by atoms with E-state index < -0.39 is 0 Å². The summed E-state index contributed by atoms with van der Waals surface area (Å²) in [6.07, 6.45) is 2.40. The number of hydrogen-bond donors (Lipinski definition) is 2. The molecule has 1 aliphatic rings. The van der Waals surface area contributed by atoms with Crippen molar-refractivity contribution in [3.8, 4) is 0 Å². The molecule has 0 amide bonds. The Kier molecular flexibility index (Phi) is 6.15. The molecule has 1 heterocycles. The molecule has 1 aliphatic heterocycles. The fourth-order valence-electron chi connectivity index (χ4n) is 2.28. The van der Waals surface area contributed by atoms with Gasteiger partial charge in [-0.3, -0.25) is 0 Å². The molecule has 22 heavy (non-hydrogen) atoms. The number of hydrogen-bond acceptors (Lipinski definition) is 4. The van der Waals surface area contributed by atoms with Crippen molar-refractivity contribution in [2.45, 2.75) is 32.8 Å². The van der Waals surface area contributed by atoms with Gasteiger partial charge in [0.1, 0.15) is 0 Å². The van der Waals surface area contributed by atoms with Crippen LogP contribution in [0, 0.1) is 6.92 Å². The maximum Gasteiger partial charge on any atom is 0.338 e. The van der Waals surface area contributed by atoms with E-state index in [1.807, 2.05) is 13.0 Å². The number of benzene rings is 1. The number of aryl methyl sites for hydroxylation is 1. The van der Waals surface area contributed by atoms with Crippen LogP contribution in [0.25, 0.3) is 0 Å². The second kappa shape index (κ2) is 8.10. The molecule has 1 unspecified atom stereocenters. The Morgan fingerprint density at radius 3 is 3.00 bits per heavy atom. The van der Waals surface area contributed by atoms with E-state index in [1.165, 1.54) is 0 Å². The minimum absolute atomic E-state index is 0.228. The van der Waals surface area contributed by atoms with Crippen LogP contribution in [0.15, 0.2) is 18.2 Å².